The van der Waals surface area contributed by atoms with Crippen LogP contribution in [0.15, 0.2) is 59.7 Å². The van der Waals surface area contributed by atoms with Crippen molar-refractivity contribution in [1.82, 2.24) is 24.7 Å². The highest BCUT2D eigenvalue weighted by Gasteiger charge is 2.27. The first-order chi connectivity index (χ1) is 17.3. The molecule has 0 spiro atoms. The Bertz CT molecular complexity index is 1470. The van der Waals surface area contributed by atoms with Crippen LogP contribution >= 0.6 is 0 Å². The number of nitrogen functional groups attached to an aromatic ring is 1. The van der Waals surface area contributed by atoms with Crippen LogP contribution in [-0.2, 0) is 4.79 Å². The molecule has 1 atom stereocenters. The molecule has 0 saturated heterocycles. The zero-order valence-electron chi connectivity index (χ0n) is 19.2. The molecular formula is C23H21FN8O4. The maximum Gasteiger partial charge on any atom is 0.350 e. The molecule has 0 aliphatic heterocycles. The lowest BCUT2D eigenvalue weighted by Gasteiger charge is -2.21. The lowest BCUT2D eigenvalue weighted by molar-refractivity contribution is -0.132. The summed E-state index contributed by atoms with van der Waals surface area (Å²) in [5.74, 6) is -1.83. The summed E-state index contributed by atoms with van der Waals surface area (Å²) >= 11 is 0. The predicted octanol–water partition coefficient (Wildman–Crippen LogP) is 1.91. The zero-order chi connectivity index (χ0) is 25.8. The van der Waals surface area contributed by atoms with Crippen molar-refractivity contribution in [3.05, 3.63) is 88.1 Å². The first-order valence-electron chi connectivity index (χ1n) is 10.5. The van der Waals surface area contributed by atoms with E-state index in [9.17, 15) is 9.59 Å². The minimum absolute atomic E-state index is 0.0151. The third-order valence-electron chi connectivity index (χ3n) is 5.00. The van der Waals surface area contributed by atoms with Gasteiger partial charge in [-0.25, -0.2) is 19.2 Å². The number of ether oxygens (including phenoxy) is 2. The largest absolute Gasteiger partial charge is 0.497 e. The zero-order valence-corrected chi connectivity index (χ0v) is 19.2. The summed E-state index contributed by atoms with van der Waals surface area (Å²) in [5, 5.41) is 15.0. The molecule has 2 aromatic carbocycles. The van der Waals surface area contributed by atoms with Gasteiger partial charge in [0.15, 0.2) is 17.4 Å². The molecule has 0 fully saturated rings. The highest BCUT2D eigenvalue weighted by Crippen LogP contribution is 2.35. The lowest BCUT2D eigenvalue weighted by atomic mass is 10.0. The number of carbonyl (C=O) groups excluding carboxylic acids is 1. The predicted molar refractivity (Wildman–Crippen MR) is 127 cm³/mol. The number of nitrogens with zero attached hydrogens (tertiary/aromatic N) is 4. The van der Waals surface area contributed by atoms with Crippen molar-refractivity contribution in [3.63, 3.8) is 0 Å². The van der Waals surface area contributed by atoms with Gasteiger partial charge in [0, 0.05) is 42.2 Å². The van der Waals surface area contributed by atoms with Gasteiger partial charge in [-0.1, -0.05) is 0 Å². The molecule has 0 amide bonds. The Balaban J connectivity index is 1.86. The van der Waals surface area contributed by atoms with Crippen LogP contribution in [0.2, 0.25) is 0 Å². The smallest absolute Gasteiger partial charge is 0.350 e. The topological polar surface area (TPSA) is 174 Å². The van der Waals surface area contributed by atoms with Crippen LogP contribution in [-0.4, -0.2) is 43.6 Å². The van der Waals surface area contributed by atoms with Crippen molar-refractivity contribution in [2.24, 2.45) is 5.73 Å². The van der Waals surface area contributed by atoms with E-state index in [0.29, 0.717) is 11.3 Å². The van der Waals surface area contributed by atoms with Gasteiger partial charge in [-0.3, -0.25) is 15.2 Å². The molecule has 5 N–H and O–H groups in total. The van der Waals surface area contributed by atoms with Crippen molar-refractivity contribution in [1.29, 1.82) is 5.41 Å². The quantitative estimate of drug-likeness (QED) is 0.124. The molecule has 0 saturated carbocycles. The maximum absolute atomic E-state index is 15.6. The Morgan fingerprint density at radius 3 is 2.53 bits per heavy atom. The third kappa shape index (κ3) is 5.04. The maximum atomic E-state index is 15.6. The van der Waals surface area contributed by atoms with Crippen molar-refractivity contribution in [2.45, 2.75) is 13.0 Å². The average molecular weight is 492 g/mol. The van der Waals surface area contributed by atoms with E-state index in [1.165, 1.54) is 31.6 Å². The number of aromatic nitrogens is 5. The molecule has 0 unspecified atom stereocenters. The van der Waals surface area contributed by atoms with Crippen molar-refractivity contribution in [3.8, 4) is 17.4 Å². The summed E-state index contributed by atoms with van der Waals surface area (Å²) in [6.45, 7) is 1.14. The number of rotatable bonds is 8. The van der Waals surface area contributed by atoms with Gasteiger partial charge in [-0.15, -0.1) is 9.78 Å². The molecule has 0 aliphatic rings. The molecule has 184 valence electrons. The van der Waals surface area contributed by atoms with E-state index in [4.69, 9.17) is 20.6 Å². The van der Waals surface area contributed by atoms with Gasteiger partial charge in [-0.2, -0.15) is 0 Å². The second-order valence-corrected chi connectivity index (χ2v) is 7.47. The van der Waals surface area contributed by atoms with Crippen LogP contribution in [0, 0.1) is 11.2 Å². The molecule has 12 nitrogen and oxygen atoms in total. The van der Waals surface area contributed by atoms with Gasteiger partial charge in [-0.05, 0) is 36.4 Å². The number of amidine groups is 1. The first kappa shape index (κ1) is 24.1. The van der Waals surface area contributed by atoms with Crippen molar-refractivity contribution >= 4 is 17.5 Å². The molecular weight excluding hydrogens is 471 g/mol. The highest BCUT2D eigenvalue weighted by molar-refractivity contribution is 5.95. The number of esters is 1. The molecule has 0 aliphatic carbocycles. The number of anilines is 1. The average Bonchev–Trinajstić information content (AvgIpc) is 3.25. The number of hydrogen-bond acceptors (Lipinski definition) is 9. The van der Waals surface area contributed by atoms with Gasteiger partial charge < -0.3 is 20.5 Å². The van der Waals surface area contributed by atoms with Crippen LogP contribution in [0.1, 0.15) is 29.9 Å². The molecule has 0 radical (unpaired) electrons. The fraction of sp³-hybridized carbons (Fsp3) is 0.130. The summed E-state index contributed by atoms with van der Waals surface area (Å²) in [6, 6.07) is 9.59. The van der Waals surface area contributed by atoms with Crippen LogP contribution < -0.4 is 26.2 Å². The summed E-state index contributed by atoms with van der Waals surface area (Å²) in [5.41, 5.74) is 5.82. The van der Waals surface area contributed by atoms with Crippen LogP contribution in [0.3, 0.4) is 0 Å². The molecule has 4 aromatic rings. The van der Waals surface area contributed by atoms with E-state index in [-0.39, 0.29) is 34.7 Å². The number of nitrogens with one attached hydrogen (secondary N) is 3. The number of aromatic amines is 1. The van der Waals surface area contributed by atoms with Crippen LogP contribution in [0.25, 0.3) is 5.95 Å². The number of methoxy groups -OCH3 is 1. The van der Waals surface area contributed by atoms with E-state index in [1.54, 1.807) is 30.3 Å². The van der Waals surface area contributed by atoms with Gasteiger partial charge in [0.1, 0.15) is 17.6 Å². The number of nitrogens with two attached hydrogens (primary N) is 1. The Morgan fingerprint density at radius 2 is 1.92 bits per heavy atom. The molecule has 2 heterocycles. The molecule has 2 aromatic heterocycles. The molecule has 13 heteroatoms. The molecule has 4 rings (SSSR count). The van der Waals surface area contributed by atoms with Crippen molar-refractivity contribution < 1.29 is 18.7 Å². The lowest BCUT2D eigenvalue weighted by Crippen LogP contribution is -2.18. The Labute approximate surface area is 203 Å². The Morgan fingerprint density at radius 1 is 1.22 bits per heavy atom. The number of halogens is 1. The Kier molecular flexibility index (Phi) is 6.72. The number of carbonyl (C=O) groups is 1. The minimum atomic E-state index is -1.09. The van der Waals surface area contributed by atoms with E-state index >= 15 is 4.39 Å². The molecule has 0 bridgehead atoms. The van der Waals surface area contributed by atoms with E-state index < -0.39 is 23.5 Å². The summed E-state index contributed by atoms with van der Waals surface area (Å²) in [6.07, 6.45) is 2.89. The van der Waals surface area contributed by atoms with Gasteiger partial charge >= 0.3 is 11.7 Å². The van der Waals surface area contributed by atoms with Crippen molar-refractivity contribution in [2.75, 3.05) is 12.4 Å². The van der Waals surface area contributed by atoms with E-state index in [1.807, 2.05) is 0 Å². The first-order valence-corrected chi connectivity index (χ1v) is 10.5. The fourth-order valence-corrected chi connectivity index (χ4v) is 3.36. The summed E-state index contributed by atoms with van der Waals surface area (Å²) in [4.78, 5) is 34.9. The second-order valence-electron chi connectivity index (χ2n) is 7.47. The fourth-order valence-electron chi connectivity index (χ4n) is 3.36. The van der Waals surface area contributed by atoms with Gasteiger partial charge in [0.25, 0.3) is 5.95 Å². The van der Waals surface area contributed by atoms with Crippen LogP contribution in [0.4, 0.5) is 10.1 Å². The molecule has 36 heavy (non-hydrogen) atoms. The Hall–Kier alpha value is -5.07. The number of H-pyrrole nitrogens is 1. The number of benzene rings is 2. The highest BCUT2D eigenvalue weighted by atomic mass is 19.1. The van der Waals surface area contributed by atoms with Gasteiger partial charge in [0.2, 0.25) is 0 Å². The SMILES string of the molecule is COc1cc(OC(C)=O)c(F)c([C@H](Nc2ccc(C(=N)N)cc2)c2nn(-c3ncccn3)c(=O)[nH]2)c1. The summed E-state index contributed by atoms with van der Waals surface area (Å²) < 4.78 is 26.9. The summed E-state index contributed by atoms with van der Waals surface area (Å²) in [7, 11) is 1.38. The van der Waals surface area contributed by atoms with E-state index in [0.717, 1.165) is 11.6 Å². The monoisotopic (exact) mass is 492 g/mol. The normalized spacial score (nSPS) is 11.5. The van der Waals surface area contributed by atoms with E-state index in [2.05, 4.69) is 25.4 Å². The minimum Gasteiger partial charge on any atom is -0.497 e. The second kappa shape index (κ2) is 10.0. The van der Waals surface area contributed by atoms with Crippen LogP contribution in [0.5, 0.6) is 11.5 Å². The third-order valence-corrected chi connectivity index (χ3v) is 5.00. The number of hydrogen-bond donors (Lipinski definition) is 4. The van der Waals surface area contributed by atoms with Gasteiger partial charge in [0.05, 0.1) is 7.11 Å². The standard InChI is InChI=1S/C23H21FN8O4/c1-12(33)36-17-11-15(35-2)10-16(18(17)24)19(29-14-6-4-13(5-7-14)20(25)26)21-30-23(34)32(31-21)22-27-8-3-9-28-22/h3-11,19,29H,1-2H3,(H3,25,26)(H,30,31,34)/t19-/m0/s1.